The molecule has 64 valence electrons. The van der Waals surface area contributed by atoms with Crippen molar-refractivity contribution in [3.63, 3.8) is 0 Å². The summed E-state index contributed by atoms with van der Waals surface area (Å²) in [5.41, 5.74) is 1.76. The summed E-state index contributed by atoms with van der Waals surface area (Å²) in [6.45, 7) is 0. The van der Waals surface area contributed by atoms with Gasteiger partial charge in [-0.15, -0.1) is 0 Å². The number of benzene rings is 1. The Morgan fingerprint density at radius 2 is 2.25 bits per heavy atom. The summed E-state index contributed by atoms with van der Waals surface area (Å²) in [7, 11) is 0. The fourth-order valence-electron chi connectivity index (χ4n) is 1.74. The molecule has 0 saturated carbocycles. The maximum atomic E-state index is 13.1. The third kappa shape index (κ3) is 1.23. The summed E-state index contributed by atoms with van der Waals surface area (Å²) >= 11 is 0. The Bertz CT molecular complexity index is 296. The monoisotopic (exact) mass is 166 g/mol. The van der Waals surface area contributed by atoms with Crippen molar-refractivity contribution in [2.45, 2.75) is 25.4 Å². The molecular weight excluding hydrogens is 155 g/mol. The van der Waals surface area contributed by atoms with Crippen molar-refractivity contribution in [1.82, 2.24) is 0 Å². The van der Waals surface area contributed by atoms with E-state index in [2.05, 4.69) is 0 Å². The molecule has 0 spiro atoms. The summed E-state index contributed by atoms with van der Waals surface area (Å²) in [6, 6.07) is 5.07. The fourth-order valence-corrected chi connectivity index (χ4v) is 1.74. The molecule has 1 aromatic rings. The predicted octanol–water partition coefficient (Wildman–Crippen LogP) is 1.68. The van der Waals surface area contributed by atoms with E-state index in [1.165, 1.54) is 6.07 Å². The maximum absolute atomic E-state index is 13.1. The van der Waals surface area contributed by atoms with E-state index in [1.54, 1.807) is 6.07 Å². The van der Waals surface area contributed by atoms with E-state index in [4.69, 9.17) is 0 Å². The van der Waals surface area contributed by atoms with Crippen LogP contribution in [0.25, 0.3) is 0 Å². The molecule has 1 aromatic carbocycles. The van der Waals surface area contributed by atoms with Crippen LogP contribution in [0, 0.1) is 5.82 Å². The van der Waals surface area contributed by atoms with Gasteiger partial charge in [-0.25, -0.2) is 4.39 Å². The first-order valence-electron chi connectivity index (χ1n) is 4.21. The molecular formula is C10H11FO. The molecule has 0 amide bonds. The predicted molar refractivity (Wildman–Crippen MR) is 44.4 cm³/mol. The molecule has 0 bridgehead atoms. The van der Waals surface area contributed by atoms with Crippen LogP contribution in [0.15, 0.2) is 18.2 Å². The van der Waals surface area contributed by atoms with E-state index < -0.39 is 0 Å². The Hall–Kier alpha value is -0.890. The zero-order valence-electron chi connectivity index (χ0n) is 6.76. The van der Waals surface area contributed by atoms with Gasteiger partial charge in [0.15, 0.2) is 0 Å². The smallest absolute Gasteiger partial charge is 0.126 e. The van der Waals surface area contributed by atoms with Crippen LogP contribution in [0.5, 0.6) is 0 Å². The number of aliphatic hydroxyl groups excluding tert-OH is 1. The second-order valence-corrected chi connectivity index (χ2v) is 3.27. The SMILES string of the molecule is O[C@@H]1CCc2c(F)cccc2C1. The summed E-state index contributed by atoms with van der Waals surface area (Å²) in [4.78, 5) is 0. The molecule has 0 unspecified atom stereocenters. The van der Waals surface area contributed by atoms with Gasteiger partial charge < -0.3 is 5.11 Å². The number of fused-ring (bicyclic) bond motifs is 1. The zero-order valence-corrected chi connectivity index (χ0v) is 6.76. The van der Waals surface area contributed by atoms with Crippen LogP contribution in [0.4, 0.5) is 4.39 Å². The molecule has 1 aliphatic carbocycles. The van der Waals surface area contributed by atoms with Crippen molar-refractivity contribution >= 4 is 0 Å². The molecule has 2 heteroatoms. The van der Waals surface area contributed by atoms with Crippen molar-refractivity contribution in [1.29, 1.82) is 0 Å². The van der Waals surface area contributed by atoms with Crippen molar-refractivity contribution in [3.05, 3.63) is 35.1 Å². The van der Waals surface area contributed by atoms with E-state index in [0.29, 0.717) is 19.3 Å². The largest absolute Gasteiger partial charge is 0.393 e. The van der Waals surface area contributed by atoms with Gasteiger partial charge in [0.2, 0.25) is 0 Å². The second-order valence-electron chi connectivity index (χ2n) is 3.27. The number of halogens is 1. The van der Waals surface area contributed by atoms with Crippen LogP contribution < -0.4 is 0 Å². The highest BCUT2D eigenvalue weighted by molar-refractivity contribution is 5.31. The molecule has 0 radical (unpaired) electrons. The molecule has 0 saturated heterocycles. The van der Waals surface area contributed by atoms with Crippen LogP contribution in [0.3, 0.4) is 0 Å². The van der Waals surface area contributed by atoms with E-state index >= 15 is 0 Å². The molecule has 0 aromatic heterocycles. The summed E-state index contributed by atoms with van der Waals surface area (Å²) < 4.78 is 13.1. The van der Waals surface area contributed by atoms with Gasteiger partial charge in [-0.2, -0.15) is 0 Å². The molecule has 2 rings (SSSR count). The zero-order chi connectivity index (χ0) is 8.55. The quantitative estimate of drug-likeness (QED) is 0.621. The average Bonchev–Trinajstić information content (AvgIpc) is 2.04. The summed E-state index contributed by atoms with van der Waals surface area (Å²) in [5.74, 6) is -0.126. The topological polar surface area (TPSA) is 20.2 Å². The lowest BCUT2D eigenvalue weighted by Gasteiger charge is -2.20. The Labute approximate surface area is 70.8 Å². The third-order valence-corrected chi connectivity index (χ3v) is 2.40. The van der Waals surface area contributed by atoms with Gasteiger partial charge in [0.25, 0.3) is 0 Å². The van der Waals surface area contributed by atoms with Crippen molar-refractivity contribution in [3.8, 4) is 0 Å². The molecule has 0 heterocycles. The van der Waals surface area contributed by atoms with Crippen LogP contribution in [0.2, 0.25) is 0 Å². The molecule has 1 N–H and O–H groups in total. The van der Waals surface area contributed by atoms with E-state index in [0.717, 1.165) is 11.1 Å². The average molecular weight is 166 g/mol. The second kappa shape index (κ2) is 2.87. The molecule has 1 atom stereocenters. The molecule has 1 aliphatic rings. The van der Waals surface area contributed by atoms with Crippen LogP contribution in [-0.4, -0.2) is 11.2 Å². The highest BCUT2D eigenvalue weighted by atomic mass is 19.1. The first kappa shape index (κ1) is 7.74. The minimum Gasteiger partial charge on any atom is -0.393 e. The van der Waals surface area contributed by atoms with Gasteiger partial charge in [-0.1, -0.05) is 12.1 Å². The van der Waals surface area contributed by atoms with E-state index in [-0.39, 0.29) is 11.9 Å². The van der Waals surface area contributed by atoms with E-state index in [9.17, 15) is 9.50 Å². The Morgan fingerprint density at radius 3 is 3.08 bits per heavy atom. The van der Waals surface area contributed by atoms with Crippen LogP contribution in [-0.2, 0) is 12.8 Å². The first-order chi connectivity index (χ1) is 5.77. The molecule has 12 heavy (non-hydrogen) atoms. The lowest BCUT2D eigenvalue weighted by Crippen LogP contribution is -2.19. The fraction of sp³-hybridized carbons (Fsp3) is 0.400. The van der Waals surface area contributed by atoms with E-state index in [1.807, 2.05) is 6.07 Å². The van der Waals surface area contributed by atoms with Gasteiger partial charge >= 0.3 is 0 Å². The minimum atomic E-state index is -0.278. The first-order valence-corrected chi connectivity index (χ1v) is 4.21. The number of aliphatic hydroxyl groups is 1. The van der Waals surface area contributed by atoms with Gasteiger partial charge in [0.05, 0.1) is 6.10 Å². The van der Waals surface area contributed by atoms with Gasteiger partial charge in [-0.3, -0.25) is 0 Å². The highest BCUT2D eigenvalue weighted by Crippen LogP contribution is 2.23. The van der Waals surface area contributed by atoms with Gasteiger partial charge in [0.1, 0.15) is 5.82 Å². The van der Waals surface area contributed by atoms with Gasteiger partial charge in [-0.05, 0) is 36.5 Å². The summed E-state index contributed by atoms with van der Waals surface area (Å²) in [6.07, 6.45) is 1.68. The number of hydrogen-bond acceptors (Lipinski definition) is 1. The van der Waals surface area contributed by atoms with Crippen molar-refractivity contribution in [2.24, 2.45) is 0 Å². The Kier molecular flexibility index (Phi) is 1.85. The van der Waals surface area contributed by atoms with Crippen LogP contribution >= 0.6 is 0 Å². The maximum Gasteiger partial charge on any atom is 0.126 e. The Morgan fingerprint density at radius 1 is 1.42 bits per heavy atom. The normalized spacial score (nSPS) is 22.0. The minimum absolute atomic E-state index is 0.126. The standard InChI is InChI=1S/C10H11FO/c11-10-3-1-2-7-6-8(12)4-5-9(7)10/h1-3,8,12H,4-6H2/t8-/m1/s1. The molecule has 0 fully saturated rings. The number of hydrogen-bond donors (Lipinski definition) is 1. The van der Waals surface area contributed by atoms with Crippen LogP contribution in [0.1, 0.15) is 17.5 Å². The lowest BCUT2D eigenvalue weighted by atomic mass is 9.89. The summed E-state index contributed by atoms with van der Waals surface area (Å²) in [5, 5.41) is 9.32. The molecule has 0 aliphatic heterocycles. The lowest BCUT2D eigenvalue weighted by molar-refractivity contribution is 0.158. The Balaban J connectivity index is 2.42. The van der Waals surface area contributed by atoms with Crippen molar-refractivity contribution < 1.29 is 9.50 Å². The van der Waals surface area contributed by atoms with Gasteiger partial charge in [0, 0.05) is 0 Å². The third-order valence-electron chi connectivity index (χ3n) is 2.40. The highest BCUT2D eigenvalue weighted by Gasteiger charge is 2.18. The van der Waals surface area contributed by atoms with Crippen molar-refractivity contribution in [2.75, 3.05) is 0 Å². The molecule has 1 nitrogen and oxygen atoms in total. The number of rotatable bonds is 0.